The van der Waals surface area contributed by atoms with Crippen molar-refractivity contribution in [2.75, 3.05) is 19.6 Å². The van der Waals surface area contributed by atoms with Crippen LogP contribution in [0.4, 0.5) is 0 Å². The first kappa shape index (κ1) is 25.7. The molecule has 1 heteroatoms. The van der Waals surface area contributed by atoms with E-state index in [1.165, 1.54) is 56.5 Å². The molecule has 1 unspecified atom stereocenters. The van der Waals surface area contributed by atoms with Gasteiger partial charge in [-0.2, -0.15) is 0 Å². The molecule has 1 aromatic rings. The fourth-order valence-corrected chi connectivity index (χ4v) is 3.70. The second-order valence-corrected chi connectivity index (χ2v) is 6.99. The molecule has 1 heterocycles. The summed E-state index contributed by atoms with van der Waals surface area (Å²) in [5, 5.41) is 0. The Kier molecular flexibility index (Phi) is 16.0. The highest BCUT2D eigenvalue weighted by Gasteiger charge is 2.21. The fraction of sp³-hybridized carbons (Fsp3) is 0.615. The minimum Gasteiger partial charge on any atom is -0.303 e. The van der Waals surface area contributed by atoms with Crippen LogP contribution >= 0.6 is 0 Å². The van der Waals surface area contributed by atoms with E-state index in [9.17, 15) is 0 Å². The first-order chi connectivity index (χ1) is 13.2. The Balaban J connectivity index is 0.00000158. The van der Waals surface area contributed by atoms with E-state index >= 15 is 0 Å². The highest BCUT2D eigenvalue weighted by atomic mass is 15.1. The summed E-state index contributed by atoms with van der Waals surface area (Å²) in [5.74, 6) is 1.55. The normalized spacial score (nSPS) is 16.9. The second-order valence-electron chi connectivity index (χ2n) is 6.99. The predicted octanol–water partition coefficient (Wildman–Crippen LogP) is 7.54. The molecule has 1 saturated heterocycles. The van der Waals surface area contributed by atoms with Crippen molar-refractivity contribution >= 4 is 0 Å². The minimum atomic E-state index is 0.770. The van der Waals surface area contributed by atoms with Crippen molar-refractivity contribution in [1.29, 1.82) is 0 Å². The molecule has 0 spiro atoms. The summed E-state index contributed by atoms with van der Waals surface area (Å²) >= 11 is 0. The van der Waals surface area contributed by atoms with Gasteiger partial charge in [0.2, 0.25) is 0 Å². The van der Waals surface area contributed by atoms with E-state index in [4.69, 9.17) is 0 Å². The third kappa shape index (κ3) is 10.5. The van der Waals surface area contributed by atoms with Crippen molar-refractivity contribution in [3.8, 4) is 0 Å². The molecule has 1 aliphatic heterocycles. The molecule has 1 aliphatic rings. The van der Waals surface area contributed by atoms with Crippen LogP contribution in [0, 0.1) is 11.8 Å². The molecular weight excluding hydrogens is 326 g/mol. The van der Waals surface area contributed by atoms with Gasteiger partial charge in [-0.3, -0.25) is 0 Å². The first-order valence-corrected chi connectivity index (χ1v) is 11.3. The van der Waals surface area contributed by atoms with Crippen LogP contribution in [0.5, 0.6) is 0 Å². The topological polar surface area (TPSA) is 3.24 Å². The Morgan fingerprint density at radius 3 is 2.15 bits per heavy atom. The summed E-state index contributed by atoms with van der Waals surface area (Å²) in [6.45, 7) is 18.5. The smallest absolute Gasteiger partial charge is 0.000714 e. The van der Waals surface area contributed by atoms with Gasteiger partial charge in [0, 0.05) is 6.54 Å². The molecule has 154 valence electrons. The highest BCUT2D eigenvalue weighted by molar-refractivity contribution is 5.21. The van der Waals surface area contributed by atoms with E-state index in [0.29, 0.717) is 0 Å². The number of piperidine rings is 1. The third-order valence-corrected chi connectivity index (χ3v) is 5.09. The van der Waals surface area contributed by atoms with Gasteiger partial charge in [0.05, 0.1) is 0 Å². The van der Waals surface area contributed by atoms with Crippen LogP contribution in [0.15, 0.2) is 54.1 Å². The minimum absolute atomic E-state index is 0.770. The van der Waals surface area contributed by atoms with Crippen molar-refractivity contribution < 1.29 is 0 Å². The average molecular weight is 372 g/mol. The van der Waals surface area contributed by atoms with E-state index in [-0.39, 0.29) is 0 Å². The molecule has 1 aromatic carbocycles. The van der Waals surface area contributed by atoms with E-state index in [2.05, 4.69) is 74.2 Å². The zero-order valence-electron chi connectivity index (χ0n) is 19.2. The summed E-state index contributed by atoms with van der Waals surface area (Å²) in [6.07, 6.45) is 11.9. The number of rotatable bonds is 7. The molecule has 0 amide bonds. The number of hydrogen-bond acceptors (Lipinski definition) is 1. The maximum Gasteiger partial charge on any atom is 0.000714 e. The summed E-state index contributed by atoms with van der Waals surface area (Å²) in [6, 6.07) is 10.9. The summed E-state index contributed by atoms with van der Waals surface area (Å²) < 4.78 is 0. The lowest BCUT2D eigenvalue weighted by Gasteiger charge is -2.34. The van der Waals surface area contributed by atoms with Crippen molar-refractivity contribution in [2.45, 2.75) is 74.1 Å². The van der Waals surface area contributed by atoms with E-state index in [1.807, 2.05) is 27.7 Å². The average Bonchev–Trinajstić information content (AvgIpc) is 2.75. The van der Waals surface area contributed by atoms with Crippen LogP contribution in [-0.2, 0) is 6.42 Å². The van der Waals surface area contributed by atoms with Crippen LogP contribution < -0.4 is 0 Å². The molecule has 0 bridgehead atoms. The quantitative estimate of drug-likeness (QED) is 0.447. The Bertz CT molecular complexity index is 492. The molecule has 2 rings (SSSR count). The van der Waals surface area contributed by atoms with Crippen molar-refractivity contribution in [2.24, 2.45) is 11.8 Å². The fourth-order valence-electron chi connectivity index (χ4n) is 3.70. The van der Waals surface area contributed by atoms with Crippen LogP contribution in [-0.4, -0.2) is 24.5 Å². The lowest BCUT2D eigenvalue weighted by Crippen LogP contribution is -2.37. The van der Waals surface area contributed by atoms with Gasteiger partial charge in [-0.1, -0.05) is 83.2 Å². The zero-order chi connectivity index (χ0) is 20.5. The molecule has 0 aromatic heterocycles. The van der Waals surface area contributed by atoms with Gasteiger partial charge in [0.15, 0.2) is 0 Å². The molecule has 0 saturated carbocycles. The molecule has 0 aliphatic carbocycles. The molecule has 1 nitrogen and oxygen atoms in total. The maximum absolute atomic E-state index is 2.68. The van der Waals surface area contributed by atoms with Crippen molar-refractivity contribution in [3.05, 3.63) is 59.7 Å². The lowest BCUT2D eigenvalue weighted by molar-refractivity contribution is 0.174. The first-order valence-electron chi connectivity index (χ1n) is 11.3. The molecular formula is C26H45N. The Labute approximate surface area is 170 Å². The van der Waals surface area contributed by atoms with Gasteiger partial charge >= 0.3 is 0 Å². The van der Waals surface area contributed by atoms with Gasteiger partial charge in [0.25, 0.3) is 0 Å². The second kappa shape index (κ2) is 16.8. The number of nitrogens with zero attached hydrogens (tertiary/aromatic N) is 1. The number of benzene rings is 1. The zero-order valence-corrected chi connectivity index (χ0v) is 19.2. The van der Waals surface area contributed by atoms with Gasteiger partial charge in [-0.05, 0) is 75.6 Å². The number of likely N-dealkylation sites (tertiary alicyclic amines) is 1. The van der Waals surface area contributed by atoms with E-state index < -0.39 is 0 Å². The number of aryl methyl sites for hydroxylation is 1. The third-order valence-electron chi connectivity index (χ3n) is 5.09. The van der Waals surface area contributed by atoms with Crippen molar-refractivity contribution in [1.82, 2.24) is 4.90 Å². The lowest BCUT2D eigenvalue weighted by atomic mass is 9.88. The van der Waals surface area contributed by atoms with Gasteiger partial charge in [-0.15, -0.1) is 0 Å². The standard InChI is InChI=1S/C22H33N.2C2H6/c1-4-9-21(5-2)22-14-16-23(17-15-22)18-19(3)12-13-20-10-7-6-8-11-20;2*1-2/h4-11,19,22H,12-18H2,1-3H3;2*1-2H3/b9-4-,21-5+;;. The SMILES string of the molecule is C/C=C\C(=C/C)C1CCN(CC(C)CCc2ccccc2)CC1.CC.CC. The van der Waals surface area contributed by atoms with E-state index in [0.717, 1.165) is 11.8 Å². The number of allylic oxidation sites excluding steroid dienone is 4. The molecule has 0 radical (unpaired) electrons. The van der Waals surface area contributed by atoms with Gasteiger partial charge in [0.1, 0.15) is 0 Å². The molecule has 1 atom stereocenters. The maximum atomic E-state index is 2.68. The summed E-state index contributed by atoms with van der Waals surface area (Å²) in [5.41, 5.74) is 3.01. The van der Waals surface area contributed by atoms with Crippen LogP contribution in [0.2, 0.25) is 0 Å². The largest absolute Gasteiger partial charge is 0.303 e. The summed E-state index contributed by atoms with van der Waals surface area (Å²) in [7, 11) is 0. The molecule has 1 fully saturated rings. The van der Waals surface area contributed by atoms with Crippen molar-refractivity contribution in [3.63, 3.8) is 0 Å². The molecule has 0 N–H and O–H groups in total. The van der Waals surface area contributed by atoms with Crippen LogP contribution in [0.25, 0.3) is 0 Å². The van der Waals surface area contributed by atoms with Gasteiger partial charge < -0.3 is 4.90 Å². The monoisotopic (exact) mass is 371 g/mol. The summed E-state index contributed by atoms with van der Waals surface area (Å²) in [4.78, 5) is 2.68. The van der Waals surface area contributed by atoms with Crippen LogP contribution in [0.1, 0.15) is 73.3 Å². The highest BCUT2D eigenvalue weighted by Crippen LogP contribution is 2.26. The number of hydrogen-bond donors (Lipinski definition) is 0. The van der Waals surface area contributed by atoms with E-state index in [1.54, 1.807) is 0 Å². The Hall–Kier alpha value is -1.34. The van der Waals surface area contributed by atoms with Gasteiger partial charge in [-0.25, -0.2) is 0 Å². The predicted molar refractivity (Wildman–Crippen MR) is 124 cm³/mol. The van der Waals surface area contributed by atoms with Crippen LogP contribution in [0.3, 0.4) is 0 Å². The Morgan fingerprint density at radius 1 is 1.04 bits per heavy atom. The molecule has 27 heavy (non-hydrogen) atoms. The Morgan fingerprint density at radius 2 is 1.63 bits per heavy atom.